The van der Waals surface area contributed by atoms with E-state index in [4.69, 9.17) is 0 Å². The zero-order valence-corrected chi connectivity index (χ0v) is 17.7. The minimum absolute atomic E-state index is 0.00384. The number of allylic oxidation sites excluding steroid dienone is 2. The van der Waals surface area contributed by atoms with Crippen LogP contribution in [0.15, 0.2) is 71.7 Å². The standard InChI is InChI=1S/C25H28N2O3/c1-4-6-9-21-17-26(18(3)5-2)25(30)27(21)16-19-12-14-20(15-13-19)22-10-7-8-11-23(22)24(28)29/h4,6-8,10-15,17-18H,5,9,16H2,1-3H3,(H,28,29). The van der Waals surface area contributed by atoms with Gasteiger partial charge in [-0.1, -0.05) is 61.5 Å². The van der Waals surface area contributed by atoms with Crippen LogP contribution in [-0.2, 0) is 13.0 Å². The molecule has 3 aromatic rings. The van der Waals surface area contributed by atoms with Crippen LogP contribution in [0.1, 0.15) is 54.8 Å². The second kappa shape index (κ2) is 9.44. The number of imidazole rings is 1. The maximum Gasteiger partial charge on any atom is 0.336 e. The number of rotatable bonds is 8. The van der Waals surface area contributed by atoms with E-state index in [2.05, 4.69) is 19.9 Å². The Labute approximate surface area is 176 Å². The van der Waals surface area contributed by atoms with E-state index in [1.54, 1.807) is 12.1 Å². The molecule has 3 rings (SSSR count). The number of hydrogen-bond donors (Lipinski definition) is 1. The van der Waals surface area contributed by atoms with Gasteiger partial charge in [-0.2, -0.15) is 0 Å². The molecule has 1 heterocycles. The summed E-state index contributed by atoms with van der Waals surface area (Å²) in [5.74, 6) is -0.943. The minimum Gasteiger partial charge on any atom is -0.478 e. The SMILES string of the molecule is CC=CCc1cn(C(C)CC)c(=O)n1Cc1ccc(-c2ccccc2C(=O)O)cc1. The molecule has 2 aromatic carbocycles. The smallest absolute Gasteiger partial charge is 0.336 e. The Morgan fingerprint density at radius 1 is 1.13 bits per heavy atom. The number of nitrogens with zero attached hydrogens (tertiary/aromatic N) is 2. The molecule has 0 saturated carbocycles. The Bertz CT molecular complexity index is 1100. The number of carbonyl (C=O) groups is 1. The molecule has 0 aliphatic carbocycles. The summed E-state index contributed by atoms with van der Waals surface area (Å²) in [4.78, 5) is 24.5. The molecule has 1 N–H and O–H groups in total. The van der Waals surface area contributed by atoms with E-state index < -0.39 is 5.97 Å². The van der Waals surface area contributed by atoms with Gasteiger partial charge in [-0.3, -0.25) is 9.13 Å². The van der Waals surface area contributed by atoms with Crippen molar-refractivity contribution in [3.63, 3.8) is 0 Å². The van der Waals surface area contributed by atoms with Crippen molar-refractivity contribution >= 4 is 5.97 Å². The first-order valence-corrected chi connectivity index (χ1v) is 10.3. The average molecular weight is 405 g/mol. The Kier molecular flexibility index (Phi) is 6.72. The van der Waals surface area contributed by atoms with Crippen molar-refractivity contribution in [2.24, 2.45) is 0 Å². The lowest BCUT2D eigenvalue weighted by molar-refractivity contribution is 0.0697. The van der Waals surface area contributed by atoms with Gasteiger partial charge < -0.3 is 5.11 Å². The quantitative estimate of drug-likeness (QED) is 0.528. The van der Waals surface area contributed by atoms with Gasteiger partial charge in [0.15, 0.2) is 0 Å². The summed E-state index contributed by atoms with van der Waals surface area (Å²) >= 11 is 0. The van der Waals surface area contributed by atoms with Gasteiger partial charge in [0.05, 0.1) is 12.1 Å². The maximum absolute atomic E-state index is 13.0. The number of benzene rings is 2. The van der Waals surface area contributed by atoms with Crippen LogP contribution in [0.4, 0.5) is 0 Å². The van der Waals surface area contributed by atoms with Crippen molar-refractivity contribution in [2.45, 2.75) is 46.2 Å². The molecule has 5 heteroatoms. The molecule has 5 nitrogen and oxygen atoms in total. The average Bonchev–Trinajstić information content (AvgIpc) is 3.07. The zero-order chi connectivity index (χ0) is 21.7. The number of carboxylic acid groups (broad SMARTS) is 1. The third-order valence-electron chi connectivity index (χ3n) is 5.48. The van der Waals surface area contributed by atoms with Crippen LogP contribution in [0.5, 0.6) is 0 Å². The van der Waals surface area contributed by atoms with E-state index in [-0.39, 0.29) is 17.3 Å². The Morgan fingerprint density at radius 3 is 2.47 bits per heavy atom. The van der Waals surface area contributed by atoms with Crippen LogP contribution in [-0.4, -0.2) is 20.2 Å². The van der Waals surface area contributed by atoms with Crippen LogP contribution in [0.25, 0.3) is 11.1 Å². The minimum atomic E-state index is -0.943. The summed E-state index contributed by atoms with van der Waals surface area (Å²) in [5, 5.41) is 9.43. The number of aromatic nitrogens is 2. The van der Waals surface area contributed by atoms with Crippen LogP contribution in [0, 0.1) is 0 Å². The van der Waals surface area contributed by atoms with Crippen molar-refractivity contribution in [1.29, 1.82) is 0 Å². The van der Waals surface area contributed by atoms with Crippen molar-refractivity contribution < 1.29 is 9.90 Å². The fourth-order valence-corrected chi connectivity index (χ4v) is 3.52. The van der Waals surface area contributed by atoms with Gasteiger partial charge in [0.25, 0.3) is 0 Å². The van der Waals surface area contributed by atoms with Crippen molar-refractivity contribution in [2.75, 3.05) is 0 Å². The van der Waals surface area contributed by atoms with E-state index >= 15 is 0 Å². The highest BCUT2D eigenvalue weighted by atomic mass is 16.4. The molecule has 0 fully saturated rings. The molecule has 0 saturated heterocycles. The Balaban J connectivity index is 1.93. The maximum atomic E-state index is 13.0. The molecule has 0 bridgehead atoms. The van der Waals surface area contributed by atoms with Gasteiger partial charge in [0.2, 0.25) is 0 Å². The third-order valence-corrected chi connectivity index (χ3v) is 5.48. The fourth-order valence-electron chi connectivity index (χ4n) is 3.52. The van der Waals surface area contributed by atoms with E-state index in [9.17, 15) is 14.7 Å². The molecule has 156 valence electrons. The molecule has 0 aliphatic heterocycles. The predicted octanol–water partition coefficient (Wildman–Crippen LogP) is 5.15. The number of aromatic carboxylic acids is 1. The lowest BCUT2D eigenvalue weighted by atomic mass is 9.99. The molecule has 1 unspecified atom stereocenters. The summed E-state index contributed by atoms with van der Waals surface area (Å²) in [6.45, 7) is 6.59. The van der Waals surface area contributed by atoms with Gasteiger partial charge in [-0.05, 0) is 43.0 Å². The van der Waals surface area contributed by atoms with Crippen molar-refractivity contribution in [3.05, 3.63) is 94.2 Å². The summed E-state index contributed by atoms with van der Waals surface area (Å²) < 4.78 is 3.64. The highest BCUT2D eigenvalue weighted by Crippen LogP contribution is 2.24. The molecule has 1 atom stereocenters. The van der Waals surface area contributed by atoms with Crippen LogP contribution in [0.2, 0.25) is 0 Å². The van der Waals surface area contributed by atoms with Gasteiger partial charge in [-0.25, -0.2) is 9.59 Å². The topological polar surface area (TPSA) is 64.2 Å². The predicted molar refractivity (Wildman–Crippen MR) is 120 cm³/mol. The van der Waals surface area contributed by atoms with Crippen molar-refractivity contribution in [1.82, 2.24) is 9.13 Å². The summed E-state index contributed by atoms with van der Waals surface area (Å²) in [7, 11) is 0. The molecular formula is C25H28N2O3. The zero-order valence-electron chi connectivity index (χ0n) is 17.7. The van der Waals surface area contributed by atoms with Crippen molar-refractivity contribution in [3.8, 4) is 11.1 Å². The molecular weight excluding hydrogens is 376 g/mol. The second-order valence-electron chi connectivity index (χ2n) is 7.47. The van der Waals surface area contributed by atoms with Crippen LogP contribution < -0.4 is 5.69 Å². The molecule has 1 aromatic heterocycles. The van der Waals surface area contributed by atoms with E-state index in [0.29, 0.717) is 18.5 Å². The normalized spacial score (nSPS) is 12.4. The van der Waals surface area contributed by atoms with Gasteiger partial charge >= 0.3 is 11.7 Å². The van der Waals surface area contributed by atoms with E-state index in [1.165, 1.54) is 0 Å². The lowest BCUT2D eigenvalue weighted by Crippen LogP contribution is -2.27. The Hall–Kier alpha value is -3.34. The largest absolute Gasteiger partial charge is 0.478 e. The van der Waals surface area contributed by atoms with E-state index in [1.807, 2.05) is 64.7 Å². The highest BCUT2D eigenvalue weighted by molar-refractivity contribution is 5.95. The summed E-state index contributed by atoms with van der Waals surface area (Å²) in [6, 6.07) is 14.9. The molecule has 0 spiro atoms. The molecule has 0 aliphatic rings. The van der Waals surface area contributed by atoms with Crippen LogP contribution >= 0.6 is 0 Å². The summed E-state index contributed by atoms with van der Waals surface area (Å²) in [5.41, 5.74) is 3.79. The number of carboxylic acids is 1. The first-order chi connectivity index (χ1) is 14.5. The van der Waals surface area contributed by atoms with E-state index in [0.717, 1.165) is 23.2 Å². The molecule has 30 heavy (non-hydrogen) atoms. The second-order valence-corrected chi connectivity index (χ2v) is 7.47. The lowest BCUT2D eigenvalue weighted by Gasteiger charge is -2.10. The third kappa shape index (κ3) is 4.46. The Morgan fingerprint density at radius 2 is 1.83 bits per heavy atom. The van der Waals surface area contributed by atoms with Gasteiger partial charge in [0, 0.05) is 24.4 Å². The molecule has 0 radical (unpaired) electrons. The van der Waals surface area contributed by atoms with Gasteiger partial charge in [0.1, 0.15) is 0 Å². The number of hydrogen-bond acceptors (Lipinski definition) is 2. The van der Waals surface area contributed by atoms with Crippen LogP contribution in [0.3, 0.4) is 0 Å². The highest BCUT2D eigenvalue weighted by Gasteiger charge is 2.15. The first-order valence-electron chi connectivity index (χ1n) is 10.3. The fraction of sp³-hybridized carbons (Fsp3) is 0.280. The molecule has 0 amide bonds. The monoisotopic (exact) mass is 404 g/mol. The summed E-state index contributed by atoms with van der Waals surface area (Å²) in [6.07, 6.45) is 7.61. The van der Waals surface area contributed by atoms with Gasteiger partial charge in [-0.15, -0.1) is 0 Å². The first kappa shape index (κ1) is 21.4.